The summed E-state index contributed by atoms with van der Waals surface area (Å²) in [6.45, 7) is 2.18. The zero-order valence-corrected chi connectivity index (χ0v) is 18.9. The summed E-state index contributed by atoms with van der Waals surface area (Å²) < 4.78 is 6.02. The largest absolute Gasteiger partial charge is 0.503 e. The minimum absolute atomic E-state index is 0.0228. The number of aromatic hydroxyl groups is 1. The lowest BCUT2D eigenvalue weighted by Crippen LogP contribution is -2.44. The van der Waals surface area contributed by atoms with Crippen molar-refractivity contribution in [2.75, 3.05) is 6.61 Å². The van der Waals surface area contributed by atoms with Gasteiger partial charge in [0.05, 0.1) is 16.0 Å². The van der Waals surface area contributed by atoms with Gasteiger partial charge >= 0.3 is 0 Å². The topological polar surface area (TPSA) is 78.9 Å². The fourth-order valence-corrected chi connectivity index (χ4v) is 4.28. The molecule has 0 atom stereocenters. The van der Waals surface area contributed by atoms with Crippen molar-refractivity contribution in [1.82, 2.24) is 10.4 Å². The third kappa shape index (κ3) is 4.92. The number of thiocarbonyl (C=S) groups is 1. The van der Waals surface area contributed by atoms with Crippen LogP contribution in [0.5, 0.6) is 11.5 Å². The van der Waals surface area contributed by atoms with Gasteiger partial charge in [0.25, 0.3) is 11.8 Å². The Balaban J connectivity index is 1.82. The molecule has 29 heavy (non-hydrogen) atoms. The van der Waals surface area contributed by atoms with Crippen LogP contribution in [0.3, 0.4) is 0 Å². The maximum absolute atomic E-state index is 12.7. The number of carbonyl (C=O) groups excluding carboxylic acids is 2. The van der Waals surface area contributed by atoms with Gasteiger partial charge in [-0.1, -0.05) is 29.4 Å². The van der Waals surface area contributed by atoms with Gasteiger partial charge in [-0.25, -0.2) is 0 Å². The standard InChI is InChI=1S/C19H14BrClN2O4S2/c1-2-27-14-7-10(6-13(20)16(14)24)8-15-18(26)23(19(28)29-15)22-17(25)11-4-3-5-12(21)9-11/h3-9,24H,2H2,1H3,(H,22,25)/b15-8-. The van der Waals surface area contributed by atoms with Gasteiger partial charge in [0, 0.05) is 10.6 Å². The molecule has 2 aromatic rings. The molecule has 1 heterocycles. The smallest absolute Gasteiger partial charge is 0.285 e. The molecule has 1 saturated heterocycles. The summed E-state index contributed by atoms with van der Waals surface area (Å²) in [6, 6.07) is 9.62. The number of thioether (sulfide) groups is 1. The molecule has 0 radical (unpaired) electrons. The number of phenols is 1. The molecule has 10 heteroatoms. The highest BCUT2D eigenvalue weighted by molar-refractivity contribution is 9.10. The van der Waals surface area contributed by atoms with E-state index in [0.717, 1.165) is 16.8 Å². The Morgan fingerprint density at radius 3 is 2.86 bits per heavy atom. The van der Waals surface area contributed by atoms with Gasteiger partial charge in [-0.05, 0) is 77.0 Å². The van der Waals surface area contributed by atoms with E-state index in [1.54, 1.807) is 43.3 Å². The molecule has 2 N–H and O–H groups in total. The molecule has 3 rings (SSSR count). The maximum Gasteiger partial charge on any atom is 0.285 e. The number of phenolic OH excluding ortho intramolecular Hbond substituents is 1. The normalized spacial score (nSPS) is 15.1. The summed E-state index contributed by atoms with van der Waals surface area (Å²) in [6.07, 6.45) is 1.61. The zero-order valence-electron chi connectivity index (χ0n) is 14.9. The highest BCUT2D eigenvalue weighted by Crippen LogP contribution is 2.38. The fraction of sp³-hybridized carbons (Fsp3) is 0.105. The summed E-state index contributed by atoms with van der Waals surface area (Å²) in [5.41, 5.74) is 3.43. The van der Waals surface area contributed by atoms with Gasteiger partial charge in [0.1, 0.15) is 0 Å². The van der Waals surface area contributed by atoms with E-state index < -0.39 is 11.8 Å². The number of benzene rings is 2. The molecule has 1 aliphatic heterocycles. The Kier molecular flexibility index (Phi) is 6.84. The Morgan fingerprint density at radius 2 is 2.17 bits per heavy atom. The van der Waals surface area contributed by atoms with Crippen LogP contribution in [0, 0.1) is 0 Å². The van der Waals surface area contributed by atoms with Crippen molar-refractivity contribution >= 4 is 73.7 Å². The molecule has 0 aromatic heterocycles. The number of rotatable bonds is 5. The third-order valence-corrected chi connectivity index (χ3v) is 5.88. The van der Waals surface area contributed by atoms with Crippen molar-refractivity contribution in [2.24, 2.45) is 0 Å². The number of nitrogens with zero attached hydrogens (tertiary/aromatic N) is 1. The predicted octanol–water partition coefficient (Wildman–Crippen LogP) is 4.75. The lowest BCUT2D eigenvalue weighted by atomic mass is 10.2. The van der Waals surface area contributed by atoms with Crippen molar-refractivity contribution in [2.45, 2.75) is 6.92 Å². The highest BCUT2D eigenvalue weighted by atomic mass is 79.9. The van der Waals surface area contributed by atoms with Gasteiger partial charge in [-0.3, -0.25) is 15.0 Å². The molecule has 0 bridgehead atoms. The van der Waals surface area contributed by atoms with Crippen LogP contribution < -0.4 is 10.2 Å². The first kappa shape index (κ1) is 21.6. The van der Waals surface area contributed by atoms with E-state index in [0.29, 0.717) is 32.1 Å². The number of halogens is 2. The quantitative estimate of drug-likeness (QED) is 0.444. The predicted molar refractivity (Wildman–Crippen MR) is 121 cm³/mol. The molecule has 0 unspecified atom stereocenters. The van der Waals surface area contributed by atoms with E-state index in [9.17, 15) is 14.7 Å². The summed E-state index contributed by atoms with van der Waals surface area (Å²) in [7, 11) is 0. The van der Waals surface area contributed by atoms with Gasteiger partial charge in [0.2, 0.25) is 0 Å². The third-order valence-electron chi connectivity index (χ3n) is 3.74. The molecule has 1 fully saturated rings. The minimum Gasteiger partial charge on any atom is -0.503 e. The van der Waals surface area contributed by atoms with E-state index >= 15 is 0 Å². The van der Waals surface area contributed by atoms with E-state index in [4.69, 9.17) is 28.6 Å². The van der Waals surface area contributed by atoms with E-state index in [1.165, 1.54) is 6.07 Å². The average molecular weight is 514 g/mol. The summed E-state index contributed by atoms with van der Waals surface area (Å²) in [5, 5.41) is 11.5. The Hall–Kier alpha value is -2.07. The van der Waals surface area contributed by atoms with Crippen LogP contribution in [0.15, 0.2) is 45.8 Å². The first-order chi connectivity index (χ1) is 13.8. The van der Waals surface area contributed by atoms with Crippen molar-refractivity contribution in [1.29, 1.82) is 0 Å². The molecule has 2 aromatic carbocycles. The van der Waals surface area contributed by atoms with Crippen LogP contribution in [0.2, 0.25) is 5.02 Å². The van der Waals surface area contributed by atoms with Crippen LogP contribution in [0.4, 0.5) is 0 Å². The van der Waals surface area contributed by atoms with Gasteiger partial charge in [-0.2, -0.15) is 5.01 Å². The molecule has 2 amide bonds. The number of nitrogens with one attached hydrogen (secondary N) is 1. The minimum atomic E-state index is -0.504. The Morgan fingerprint density at radius 1 is 1.41 bits per heavy atom. The number of hydrogen-bond donors (Lipinski definition) is 2. The number of amides is 2. The fourth-order valence-electron chi connectivity index (χ4n) is 2.45. The summed E-state index contributed by atoms with van der Waals surface area (Å²) in [4.78, 5) is 25.5. The van der Waals surface area contributed by atoms with E-state index in [-0.39, 0.29) is 15.8 Å². The van der Waals surface area contributed by atoms with Crippen LogP contribution >= 0.6 is 51.5 Å². The summed E-state index contributed by atoms with van der Waals surface area (Å²) in [5.74, 6) is -0.697. The first-order valence-corrected chi connectivity index (χ1v) is 10.7. The zero-order chi connectivity index (χ0) is 21.1. The molecule has 0 saturated carbocycles. The molecule has 0 aliphatic carbocycles. The SMILES string of the molecule is CCOc1cc(/C=C2\SC(=S)N(NC(=O)c3cccc(Cl)c3)C2=O)cc(Br)c1O. The van der Waals surface area contributed by atoms with E-state index in [2.05, 4.69) is 21.4 Å². The Bertz CT molecular complexity index is 1040. The van der Waals surface area contributed by atoms with Crippen molar-refractivity contribution < 1.29 is 19.4 Å². The highest BCUT2D eigenvalue weighted by Gasteiger charge is 2.34. The second kappa shape index (κ2) is 9.17. The maximum atomic E-state index is 12.7. The second-order valence-corrected chi connectivity index (χ2v) is 8.72. The van der Waals surface area contributed by atoms with E-state index in [1.807, 2.05) is 0 Å². The lowest BCUT2D eigenvalue weighted by Gasteiger charge is -2.15. The second-order valence-electron chi connectivity index (χ2n) is 5.75. The number of ether oxygens (including phenoxy) is 1. The van der Waals surface area contributed by atoms with Crippen LogP contribution in [-0.2, 0) is 4.79 Å². The van der Waals surface area contributed by atoms with Crippen molar-refractivity contribution in [3.05, 3.63) is 61.9 Å². The molecular formula is C19H14BrClN2O4S2. The molecule has 1 aliphatic rings. The van der Waals surface area contributed by atoms with Crippen LogP contribution in [-0.4, -0.2) is 32.9 Å². The first-order valence-electron chi connectivity index (χ1n) is 8.30. The summed E-state index contributed by atoms with van der Waals surface area (Å²) >= 11 is 15.5. The van der Waals surface area contributed by atoms with Gasteiger partial charge in [-0.15, -0.1) is 0 Å². The Labute approximate surface area is 190 Å². The number of hydrazine groups is 1. The van der Waals surface area contributed by atoms with Crippen LogP contribution in [0.1, 0.15) is 22.8 Å². The molecule has 0 spiro atoms. The van der Waals surface area contributed by atoms with Gasteiger partial charge < -0.3 is 9.84 Å². The van der Waals surface area contributed by atoms with Gasteiger partial charge in [0.15, 0.2) is 15.8 Å². The van der Waals surface area contributed by atoms with Crippen molar-refractivity contribution in [3.63, 3.8) is 0 Å². The van der Waals surface area contributed by atoms with Crippen LogP contribution in [0.25, 0.3) is 6.08 Å². The molecule has 6 nitrogen and oxygen atoms in total. The monoisotopic (exact) mass is 512 g/mol. The average Bonchev–Trinajstić information content (AvgIpc) is 2.93. The molecular weight excluding hydrogens is 500 g/mol. The lowest BCUT2D eigenvalue weighted by molar-refractivity contribution is -0.123. The molecule has 150 valence electrons. The van der Waals surface area contributed by atoms with Crippen molar-refractivity contribution in [3.8, 4) is 11.5 Å². The number of hydrogen-bond acceptors (Lipinski definition) is 6. The number of carbonyl (C=O) groups is 2.